The minimum absolute atomic E-state index is 0.125. The average molecular weight is 781 g/mol. The number of rotatable bonds is 16. The highest BCUT2D eigenvalue weighted by Crippen LogP contribution is 2.61. The number of aliphatic hydroxyl groups excluding tert-OH is 1. The van der Waals surface area contributed by atoms with E-state index < -0.39 is 72.2 Å². The first-order valence-corrected chi connectivity index (χ1v) is 18.7. The number of ether oxygens (including phenoxy) is 3. The largest absolute Gasteiger partial charge is 0.497 e. The number of allylic oxidation sites excluding steroid dienone is 1. The highest BCUT2D eigenvalue weighted by molar-refractivity contribution is 9.09. The number of benzene rings is 2. The lowest BCUT2D eigenvalue weighted by Crippen LogP contribution is -2.60. The molecule has 3 amide bonds. The molecule has 5 rings (SSSR count). The number of nitrogens with zero attached hydrogens (tertiary/aromatic N) is 3. The smallest absolute Gasteiger partial charge is 0.313 e. The number of aliphatic hydroxyl groups is 1. The van der Waals surface area contributed by atoms with E-state index in [-0.39, 0.29) is 36.0 Å². The molecule has 0 aromatic heterocycles. The monoisotopic (exact) mass is 779 g/mol. The van der Waals surface area contributed by atoms with E-state index in [9.17, 15) is 24.3 Å². The molecule has 3 aliphatic heterocycles. The molecule has 3 aliphatic rings. The molecule has 2 aromatic rings. The van der Waals surface area contributed by atoms with Crippen molar-refractivity contribution in [3.05, 3.63) is 85.5 Å². The minimum atomic E-state index is -1.39. The third-order valence-corrected chi connectivity index (χ3v) is 11.7. The fourth-order valence-corrected chi connectivity index (χ4v) is 9.02. The third-order valence-electron chi connectivity index (χ3n) is 10.9. The van der Waals surface area contributed by atoms with Crippen molar-refractivity contribution in [2.45, 2.75) is 80.8 Å². The second-order valence-corrected chi connectivity index (χ2v) is 15.4. The van der Waals surface area contributed by atoms with Gasteiger partial charge in [0.2, 0.25) is 11.8 Å². The molecule has 9 atom stereocenters. The van der Waals surface area contributed by atoms with E-state index in [0.29, 0.717) is 23.4 Å². The molecule has 3 heterocycles. The zero-order valence-electron chi connectivity index (χ0n) is 30.5. The Morgan fingerprint density at radius 3 is 2.35 bits per heavy atom. The number of alkyl halides is 1. The van der Waals surface area contributed by atoms with Crippen molar-refractivity contribution in [3.8, 4) is 5.75 Å². The molecule has 0 saturated carbocycles. The number of likely N-dealkylation sites (tertiary alicyclic amines) is 1. The number of amides is 3. The van der Waals surface area contributed by atoms with Gasteiger partial charge >= 0.3 is 5.97 Å². The van der Waals surface area contributed by atoms with Gasteiger partial charge in [-0.2, -0.15) is 0 Å². The van der Waals surface area contributed by atoms with E-state index in [4.69, 9.17) is 14.2 Å². The van der Waals surface area contributed by atoms with Crippen LogP contribution in [0.4, 0.5) is 5.69 Å². The van der Waals surface area contributed by atoms with Crippen molar-refractivity contribution in [1.29, 1.82) is 0 Å². The fraction of sp³-hybridized carbons (Fsp3) is 0.500. The molecule has 12 heteroatoms. The Hall–Kier alpha value is -4.00. The van der Waals surface area contributed by atoms with Gasteiger partial charge in [0.15, 0.2) is 0 Å². The first-order chi connectivity index (χ1) is 24.9. The Morgan fingerprint density at radius 2 is 1.77 bits per heavy atom. The number of anilines is 1. The van der Waals surface area contributed by atoms with Crippen LogP contribution < -0.4 is 9.64 Å². The normalized spacial score (nSPS) is 26.3. The summed E-state index contributed by atoms with van der Waals surface area (Å²) in [5.41, 5.74) is -0.141. The Morgan fingerprint density at radius 1 is 1.10 bits per heavy atom. The Balaban J connectivity index is 1.55. The van der Waals surface area contributed by atoms with Gasteiger partial charge in [0, 0.05) is 30.5 Å². The number of hydrogen-bond acceptors (Lipinski definition) is 8. The van der Waals surface area contributed by atoms with Crippen LogP contribution in [0.5, 0.6) is 5.75 Å². The van der Waals surface area contributed by atoms with Crippen LogP contribution in [-0.4, -0.2) is 101 Å². The van der Waals surface area contributed by atoms with Crippen molar-refractivity contribution in [2.24, 2.45) is 17.8 Å². The van der Waals surface area contributed by atoms with E-state index in [1.807, 2.05) is 51.1 Å². The van der Waals surface area contributed by atoms with Crippen LogP contribution in [-0.2, 0) is 28.7 Å². The first-order valence-electron chi connectivity index (χ1n) is 17.8. The predicted octanol–water partition coefficient (Wildman–Crippen LogP) is 5.08. The molecule has 3 saturated heterocycles. The average Bonchev–Trinajstić information content (AvgIpc) is 3.74. The molecule has 52 heavy (non-hydrogen) atoms. The molecule has 1 spiro atoms. The van der Waals surface area contributed by atoms with E-state index in [1.165, 1.54) is 4.90 Å². The summed E-state index contributed by atoms with van der Waals surface area (Å²) >= 11 is 3.74. The summed E-state index contributed by atoms with van der Waals surface area (Å²) in [6, 6.07) is 13.7. The van der Waals surface area contributed by atoms with Crippen LogP contribution >= 0.6 is 15.9 Å². The van der Waals surface area contributed by atoms with Crippen molar-refractivity contribution >= 4 is 45.3 Å². The van der Waals surface area contributed by atoms with Gasteiger partial charge < -0.3 is 34.0 Å². The van der Waals surface area contributed by atoms with Crippen LogP contribution in [0.3, 0.4) is 0 Å². The van der Waals surface area contributed by atoms with E-state index in [1.54, 1.807) is 60.4 Å². The highest BCUT2D eigenvalue weighted by Gasteiger charge is 2.77. The molecular weight excluding hydrogens is 730 g/mol. The van der Waals surface area contributed by atoms with E-state index in [2.05, 4.69) is 29.1 Å². The molecule has 11 nitrogen and oxygen atoms in total. The molecule has 1 unspecified atom stereocenters. The third kappa shape index (κ3) is 7.04. The number of carbonyl (C=O) groups excluding carboxylic acids is 4. The van der Waals surface area contributed by atoms with Gasteiger partial charge in [0.25, 0.3) is 5.91 Å². The maximum absolute atomic E-state index is 15.0. The summed E-state index contributed by atoms with van der Waals surface area (Å²) in [7, 11) is 3.23. The van der Waals surface area contributed by atoms with Gasteiger partial charge in [-0.3, -0.25) is 19.2 Å². The fourth-order valence-electron chi connectivity index (χ4n) is 8.08. The molecule has 280 valence electrons. The van der Waals surface area contributed by atoms with Crippen LogP contribution in [0.15, 0.2) is 79.9 Å². The van der Waals surface area contributed by atoms with Gasteiger partial charge in [0.1, 0.15) is 23.5 Å². The van der Waals surface area contributed by atoms with Crippen molar-refractivity contribution < 1.29 is 38.5 Å². The zero-order valence-corrected chi connectivity index (χ0v) is 32.1. The molecule has 0 radical (unpaired) electrons. The summed E-state index contributed by atoms with van der Waals surface area (Å²) in [6.45, 7) is 12.9. The summed E-state index contributed by atoms with van der Waals surface area (Å²) in [5.74, 6) is -3.37. The van der Waals surface area contributed by atoms with Gasteiger partial charge in [-0.1, -0.05) is 72.3 Å². The zero-order chi connectivity index (χ0) is 37.9. The number of esters is 1. The second kappa shape index (κ2) is 16.3. The number of fused-ring (bicyclic) bond motifs is 1. The lowest BCUT2D eigenvalue weighted by molar-refractivity contribution is -0.165. The standard InChI is InChI=1S/C40H50BrN3O8/c1-8-10-16-31(46)42(6)25(5)34(26-14-12-11-13-15-26)51-39(49)32-33-37(47)44(30(23-45)24(3)4)36(40(33)22-29(41)35(32)52-40)38(48)43(21-9-2)27-17-19-28(50-7)20-18-27/h8-9,11-15,17-20,24-25,29-30,32-36,45H,1-2,10,16,21-23H2,3-7H3/t25-,29?,30+,32+,33-,34+,35+,36+,40-/m1/s1. The first kappa shape index (κ1) is 39.2. The van der Waals surface area contributed by atoms with Crippen LogP contribution in [0.1, 0.15) is 51.7 Å². The van der Waals surface area contributed by atoms with E-state index >= 15 is 0 Å². The summed E-state index contributed by atoms with van der Waals surface area (Å²) in [5, 5.41) is 10.7. The van der Waals surface area contributed by atoms with Crippen molar-refractivity contribution in [1.82, 2.24) is 9.80 Å². The van der Waals surface area contributed by atoms with Crippen molar-refractivity contribution in [2.75, 3.05) is 32.2 Å². The molecule has 1 N–H and O–H groups in total. The second-order valence-electron chi connectivity index (χ2n) is 14.2. The molecule has 2 aromatic carbocycles. The van der Waals surface area contributed by atoms with Gasteiger partial charge in [-0.05, 0) is 55.5 Å². The molecule has 0 aliphatic carbocycles. The summed E-state index contributed by atoms with van der Waals surface area (Å²) in [4.78, 5) is 61.7. The van der Waals surface area contributed by atoms with Gasteiger partial charge in [-0.25, -0.2) is 0 Å². The van der Waals surface area contributed by atoms with Gasteiger partial charge in [0.05, 0.1) is 43.7 Å². The van der Waals surface area contributed by atoms with Crippen LogP contribution in [0.2, 0.25) is 0 Å². The van der Waals surface area contributed by atoms with E-state index in [0.717, 1.165) is 0 Å². The minimum Gasteiger partial charge on any atom is -0.497 e. The number of likely N-dealkylation sites (N-methyl/N-ethyl adjacent to an activating group) is 1. The predicted molar refractivity (Wildman–Crippen MR) is 201 cm³/mol. The lowest BCUT2D eigenvalue weighted by atomic mass is 9.70. The quantitative estimate of drug-likeness (QED) is 0.142. The van der Waals surface area contributed by atoms with Gasteiger partial charge in [-0.15, -0.1) is 13.2 Å². The van der Waals surface area contributed by atoms with Crippen LogP contribution in [0, 0.1) is 17.8 Å². The number of hydrogen-bond donors (Lipinski definition) is 1. The lowest BCUT2D eigenvalue weighted by Gasteiger charge is -2.40. The summed E-state index contributed by atoms with van der Waals surface area (Å²) in [6.07, 6.45) is 2.71. The van der Waals surface area contributed by atoms with Crippen molar-refractivity contribution in [3.63, 3.8) is 0 Å². The SMILES string of the molecule is C=CCCC(=O)N(C)[C@H](C)[C@H](OC(=O)[C@@H]1[C@H]2O[C@@]3(CC2Br)[C@H](C(=O)N(CC=C)c2ccc(OC)cc2)N([C@@H](CO)C(C)C)C(=O)[C@@H]13)c1ccccc1. The number of halogens is 1. The topological polar surface area (TPSA) is 126 Å². The Bertz CT molecular complexity index is 1640. The molecule has 2 bridgehead atoms. The Kier molecular flexibility index (Phi) is 12.3. The highest BCUT2D eigenvalue weighted by atomic mass is 79.9. The molecule has 3 fully saturated rings. The van der Waals surface area contributed by atoms with Crippen LogP contribution in [0.25, 0.3) is 0 Å². The maximum atomic E-state index is 15.0. The number of carbonyl (C=O) groups is 4. The molecular formula is C40H50BrN3O8. The Labute approximate surface area is 314 Å². The maximum Gasteiger partial charge on any atom is 0.313 e. The number of methoxy groups -OCH3 is 1. The summed E-state index contributed by atoms with van der Waals surface area (Å²) < 4.78 is 18.4.